The molecule has 0 bridgehead atoms. The summed E-state index contributed by atoms with van der Waals surface area (Å²) in [5, 5.41) is 3.64. The Morgan fingerprint density at radius 3 is 2.60 bits per heavy atom. The lowest BCUT2D eigenvalue weighted by Crippen LogP contribution is -2.09. The van der Waals surface area contributed by atoms with Crippen molar-refractivity contribution in [2.45, 2.75) is 32.7 Å². The Balaban J connectivity index is 2.72. The van der Waals surface area contributed by atoms with Gasteiger partial charge in [0.1, 0.15) is 0 Å². The molecule has 0 fully saturated rings. The Morgan fingerprint density at radius 2 is 2.00 bits per heavy atom. The van der Waals surface area contributed by atoms with Crippen molar-refractivity contribution in [3.05, 3.63) is 34.7 Å². The molecule has 0 atom stereocenters. The summed E-state index contributed by atoms with van der Waals surface area (Å²) >= 11 is 1.81. The monoisotopic (exact) mass is 219 g/mol. The highest BCUT2D eigenvalue weighted by Gasteiger charge is 2.18. The first-order valence-corrected chi connectivity index (χ1v) is 6.11. The van der Waals surface area contributed by atoms with Gasteiger partial charge in [-0.25, -0.2) is 0 Å². The Kier molecular flexibility index (Phi) is 2.57. The minimum absolute atomic E-state index is 0.214. The topological polar surface area (TPSA) is 26.0 Å². The standard InChI is InChI=1S/C13H17NS/c1-13(2,3)11-8-15-12-9(7-14)5-4-6-10(11)12/h4-6,8H,7,14H2,1-3H3. The number of benzene rings is 1. The van der Waals surface area contributed by atoms with Crippen LogP contribution in [-0.2, 0) is 12.0 Å². The van der Waals surface area contributed by atoms with Crippen LogP contribution in [0.4, 0.5) is 0 Å². The first-order valence-electron chi connectivity index (χ1n) is 5.23. The first kappa shape index (κ1) is 10.7. The van der Waals surface area contributed by atoms with Crippen LogP contribution in [-0.4, -0.2) is 0 Å². The smallest absolute Gasteiger partial charge is 0.0390 e. The van der Waals surface area contributed by atoms with Gasteiger partial charge in [-0.1, -0.05) is 39.0 Å². The molecule has 2 rings (SSSR count). The highest BCUT2D eigenvalue weighted by Crippen LogP contribution is 2.36. The summed E-state index contributed by atoms with van der Waals surface area (Å²) in [6.07, 6.45) is 0. The second-order valence-electron chi connectivity index (χ2n) is 4.90. The summed E-state index contributed by atoms with van der Waals surface area (Å²) in [5.41, 5.74) is 8.64. The van der Waals surface area contributed by atoms with Crippen molar-refractivity contribution < 1.29 is 0 Å². The van der Waals surface area contributed by atoms with E-state index < -0.39 is 0 Å². The largest absolute Gasteiger partial charge is 0.326 e. The van der Waals surface area contributed by atoms with Crippen molar-refractivity contribution in [2.75, 3.05) is 0 Å². The fraction of sp³-hybridized carbons (Fsp3) is 0.385. The third-order valence-corrected chi connectivity index (χ3v) is 3.78. The Hall–Kier alpha value is -0.860. The van der Waals surface area contributed by atoms with E-state index in [0.717, 1.165) is 0 Å². The minimum atomic E-state index is 0.214. The lowest BCUT2D eigenvalue weighted by molar-refractivity contribution is 0.598. The van der Waals surface area contributed by atoms with E-state index in [1.54, 1.807) is 0 Å². The predicted molar refractivity (Wildman–Crippen MR) is 68.4 cm³/mol. The number of hydrogen-bond acceptors (Lipinski definition) is 2. The zero-order valence-corrected chi connectivity index (χ0v) is 10.3. The summed E-state index contributed by atoms with van der Waals surface area (Å²) in [6, 6.07) is 6.42. The third kappa shape index (κ3) is 1.80. The predicted octanol–water partition coefficient (Wildman–Crippen LogP) is 3.66. The van der Waals surface area contributed by atoms with Gasteiger partial charge in [-0.15, -0.1) is 11.3 Å². The van der Waals surface area contributed by atoms with E-state index in [0.29, 0.717) is 6.54 Å². The van der Waals surface area contributed by atoms with E-state index in [4.69, 9.17) is 5.73 Å². The molecule has 0 aliphatic carbocycles. The van der Waals surface area contributed by atoms with Gasteiger partial charge in [0.25, 0.3) is 0 Å². The van der Waals surface area contributed by atoms with Gasteiger partial charge < -0.3 is 5.73 Å². The Bertz CT molecular complexity index is 477. The van der Waals surface area contributed by atoms with Crippen molar-refractivity contribution in [2.24, 2.45) is 5.73 Å². The molecule has 1 aromatic heterocycles. The van der Waals surface area contributed by atoms with E-state index in [-0.39, 0.29) is 5.41 Å². The second kappa shape index (κ2) is 3.62. The van der Waals surface area contributed by atoms with Crippen LogP contribution in [0.5, 0.6) is 0 Å². The SMILES string of the molecule is CC(C)(C)c1csc2c(CN)cccc12. The van der Waals surface area contributed by atoms with E-state index >= 15 is 0 Å². The van der Waals surface area contributed by atoms with Gasteiger partial charge >= 0.3 is 0 Å². The summed E-state index contributed by atoms with van der Waals surface area (Å²) in [6.45, 7) is 7.39. The second-order valence-corrected chi connectivity index (χ2v) is 5.78. The van der Waals surface area contributed by atoms with Crippen molar-refractivity contribution in [3.63, 3.8) is 0 Å². The maximum Gasteiger partial charge on any atom is 0.0390 e. The molecule has 80 valence electrons. The first-order chi connectivity index (χ1) is 7.04. The summed E-state index contributed by atoms with van der Waals surface area (Å²) in [4.78, 5) is 0. The molecule has 0 aliphatic rings. The van der Waals surface area contributed by atoms with Crippen molar-refractivity contribution >= 4 is 21.4 Å². The number of hydrogen-bond donors (Lipinski definition) is 1. The van der Waals surface area contributed by atoms with E-state index in [9.17, 15) is 0 Å². The van der Waals surface area contributed by atoms with E-state index in [1.165, 1.54) is 21.2 Å². The van der Waals surface area contributed by atoms with Crippen LogP contribution >= 0.6 is 11.3 Å². The average molecular weight is 219 g/mol. The normalized spacial score (nSPS) is 12.3. The number of nitrogens with two attached hydrogens (primary N) is 1. The third-order valence-electron chi connectivity index (χ3n) is 2.71. The highest BCUT2D eigenvalue weighted by molar-refractivity contribution is 7.17. The number of fused-ring (bicyclic) bond motifs is 1. The van der Waals surface area contributed by atoms with Gasteiger partial charge in [0, 0.05) is 11.2 Å². The van der Waals surface area contributed by atoms with E-state index in [2.05, 4.69) is 44.4 Å². The molecule has 2 aromatic rings. The summed E-state index contributed by atoms with van der Waals surface area (Å²) in [5.74, 6) is 0. The molecule has 0 saturated carbocycles. The van der Waals surface area contributed by atoms with E-state index in [1.807, 2.05) is 11.3 Å². The molecule has 0 unspecified atom stereocenters. The summed E-state index contributed by atoms with van der Waals surface area (Å²) in [7, 11) is 0. The fourth-order valence-corrected chi connectivity index (χ4v) is 3.18. The lowest BCUT2D eigenvalue weighted by Gasteiger charge is -2.17. The van der Waals surface area contributed by atoms with Gasteiger partial charge in [0.05, 0.1) is 0 Å². The van der Waals surface area contributed by atoms with Crippen LogP contribution in [0.15, 0.2) is 23.6 Å². The molecular formula is C13H17NS. The molecule has 0 spiro atoms. The number of thiophene rings is 1. The molecule has 2 heteroatoms. The molecule has 0 amide bonds. The van der Waals surface area contributed by atoms with Crippen LogP contribution in [0.25, 0.3) is 10.1 Å². The maximum atomic E-state index is 5.74. The van der Waals surface area contributed by atoms with Crippen LogP contribution < -0.4 is 5.73 Å². The molecular weight excluding hydrogens is 202 g/mol. The minimum Gasteiger partial charge on any atom is -0.326 e. The van der Waals surface area contributed by atoms with Crippen molar-refractivity contribution in [3.8, 4) is 0 Å². The zero-order valence-electron chi connectivity index (χ0n) is 9.50. The molecule has 1 nitrogen and oxygen atoms in total. The van der Waals surface area contributed by atoms with Gasteiger partial charge in [-0.2, -0.15) is 0 Å². The average Bonchev–Trinajstić information content (AvgIpc) is 2.59. The molecule has 1 aromatic carbocycles. The van der Waals surface area contributed by atoms with Gasteiger partial charge in [-0.05, 0) is 27.3 Å². The Morgan fingerprint density at radius 1 is 1.27 bits per heavy atom. The molecule has 15 heavy (non-hydrogen) atoms. The van der Waals surface area contributed by atoms with Crippen LogP contribution in [0.1, 0.15) is 31.9 Å². The van der Waals surface area contributed by atoms with Crippen LogP contribution in [0.2, 0.25) is 0 Å². The number of rotatable bonds is 1. The lowest BCUT2D eigenvalue weighted by atomic mass is 9.86. The molecule has 1 heterocycles. The molecule has 0 aliphatic heterocycles. The van der Waals surface area contributed by atoms with Crippen LogP contribution in [0.3, 0.4) is 0 Å². The Labute approximate surface area is 94.9 Å². The van der Waals surface area contributed by atoms with Crippen molar-refractivity contribution in [1.82, 2.24) is 0 Å². The summed E-state index contributed by atoms with van der Waals surface area (Å²) < 4.78 is 1.35. The zero-order chi connectivity index (χ0) is 11.1. The van der Waals surface area contributed by atoms with Gasteiger partial charge in [0.2, 0.25) is 0 Å². The molecule has 0 radical (unpaired) electrons. The maximum absolute atomic E-state index is 5.74. The quantitative estimate of drug-likeness (QED) is 0.778. The molecule has 2 N–H and O–H groups in total. The van der Waals surface area contributed by atoms with Gasteiger partial charge in [0.15, 0.2) is 0 Å². The van der Waals surface area contributed by atoms with Crippen molar-refractivity contribution in [1.29, 1.82) is 0 Å². The molecule has 0 saturated heterocycles. The fourth-order valence-electron chi connectivity index (χ4n) is 1.86. The van der Waals surface area contributed by atoms with Gasteiger partial charge in [-0.3, -0.25) is 0 Å². The van der Waals surface area contributed by atoms with Crippen LogP contribution in [0, 0.1) is 0 Å². The highest BCUT2D eigenvalue weighted by atomic mass is 32.1.